The van der Waals surface area contributed by atoms with Crippen molar-refractivity contribution in [1.29, 1.82) is 0 Å². The van der Waals surface area contributed by atoms with Crippen molar-refractivity contribution in [2.45, 2.75) is 46.8 Å². The van der Waals surface area contributed by atoms with Crippen LogP contribution in [0.4, 0.5) is 13.6 Å². The van der Waals surface area contributed by atoms with Gasteiger partial charge in [0.15, 0.2) is 5.78 Å². The summed E-state index contributed by atoms with van der Waals surface area (Å²) in [5.74, 6) is -1.60. The first-order valence-electron chi connectivity index (χ1n) is 7.04. The number of alkyl carbamates (subject to hydrolysis) is 1. The number of hydrogen-bond acceptors (Lipinski definition) is 3. The highest BCUT2D eigenvalue weighted by Crippen LogP contribution is 2.21. The Bertz CT molecular complexity index is 533. The second-order valence-corrected chi connectivity index (χ2v) is 6.12. The average Bonchev–Trinajstić information content (AvgIpc) is 2.39. The Morgan fingerprint density at radius 3 is 2.18 bits per heavy atom. The average molecular weight is 313 g/mol. The highest BCUT2D eigenvalue weighted by atomic mass is 19.1. The van der Waals surface area contributed by atoms with Crippen molar-refractivity contribution in [1.82, 2.24) is 5.32 Å². The van der Waals surface area contributed by atoms with Gasteiger partial charge in [0.25, 0.3) is 0 Å². The molecule has 4 nitrogen and oxygen atoms in total. The summed E-state index contributed by atoms with van der Waals surface area (Å²) in [5.41, 5.74) is -0.265. The second-order valence-electron chi connectivity index (χ2n) is 6.12. The SMILES string of the molecule is CCC(=O)C(NC(=O)OCc1cc(F)cc(F)c1)C(C)(C)C. The third kappa shape index (κ3) is 5.42. The fourth-order valence-electron chi connectivity index (χ4n) is 1.99. The zero-order chi connectivity index (χ0) is 16.9. The number of benzene rings is 1. The van der Waals surface area contributed by atoms with Gasteiger partial charge in [-0.3, -0.25) is 4.79 Å². The number of amides is 1. The number of nitrogens with one attached hydrogen (secondary N) is 1. The summed E-state index contributed by atoms with van der Waals surface area (Å²) in [5, 5.41) is 2.51. The molecular weight excluding hydrogens is 292 g/mol. The molecule has 0 spiro atoms. The van der Waals surface area contributed by atoms with Gasteiger partial charge in [-0.25, -0.2) is 13.6 Å². The summed E-state index contributed by atoms with van der Waals surface area (Å²) in [6, 6.07) is 2.21. The number of carbonyl (C=O) groups excluding carboxylic acids is 2. The fraction of sp³-hybridized carbons (Fsp3) is 0.500. The molecule has 0 aromatic heterocycles. The molecule has 1 aromatic carbocycles. The molecule has 1 atom stereocenters. The van der Waals surface area contributed by atoms with Crippen molar-refractivity contribution < 1.29 is 23.1 Å². The third-order valence-electron chi connectivity index (χ3n) is 3.09. The van der Waals surface area contributed by atoms with E-state index in [1.54, 1.807) is 6.92 Å². The molecule has 0 aliphatic rings. The van der Waals surface area contributed by atoms with Gasteiger partial charge in [-0.1, -0.05) is 27.7 Å². The van der Waals surface area contributed by atoms with Crippen LogP contribution < -0.4 is 5.32 Å². The maximum absolute atomic E-state index is 13.0. The lowest BCUT2D eigenvalue weighted by atomic mass is 9.83. The summed E-state index contributed by atoms with van der Waals surface area (Å²) in [7, 11) is 0. The summed E-state index contributed by atoms with van der Waals surface area (Å²) >= 11 is 0. The molecule has 1 aromatic rings. The minimum Gasteiger partial charge on any atom is -0.445 e. The van der Waals surface area contributed by atoms with E-state index in [-0.39, 0.29) is 24.4 Å². The molecule has 122 valence electrons. The first kappa shape index (κ1) is 18.1. The van der Waals surface area contributed by atoms with E-state index in [1.807, 2.05) is 20.8 Å². The minimum atomic E-state index is -0.800. The second kappa shape index (κ2) is 7.33. The van der Waals surface area contributed by atoms with Crippen LogP contribution in [0.3, 0.4) is 0 Å². The van der Waals surface area contributed by atoms with E-state index >= 15 is 0 Å². The minimum absolute atomic E-state index is 0.110. The van der Waals surface area contributed by atoms with Crippen molar-refractivity contribution >= 4 is 11.9 Å². The van der Waals surface area contributed by atoms with Crippen LogP contribution in [0.25, 0.3) is 0 Å². The van der Waals surface area contributed by atoms with Crippen molar-refractivity contribution in [3.05, 3.63) is 35.4 Å². The van der Waals surface area contributed by atoms with E-state index in [0.29, 0.717) is 0 Å². The van der Waals surface area contributed by atoms with E-state index in [1.165, 1.54) is 0 Å². The summed E-state index contributed by atoms with van der Waals surface area (Å²) in [6.45, 7) is 6.91. The quantitative estimate of drug-likeness (QED) is 0.904. The number of halogens is 2. The third-order valence-corrected chi connectivity index (χ3v) is 3.09. The van der Waals surface area contributed by atoms with E-state index in [4.69, 9.17) is 4.74 Å². The summed E-state index contributed by atoms with van der Waals surface area (Å²) in [4.78, 5) is 23.7. The van der Waals surface area contributed by atoms with Gasteiger partial charge in [0.2, 0.25) is 0 Å². The molecule has 1 unspecified atom stereocenters. The predicted molar refractivity (Wildman–Crippen MR) is 78.2 cm³/mol. The van der Waals surface area contributed by atoms with E-state index in [9.17, 15) is 18.4 Å². The summed E-state index contributed by atoms with van der Waals surface area (Å²) < 4.78 is 31.0. The molecule has 1 rings (SSSR count). The summed E-state index contributed by atoms with van der Waals surface area (Å²) in [6.07, 6.45) is -0.511. The Morgan fingerprint density at radius 1 is 1.18 bits per heavy atom. The normalized spacial score (nSPS) is 12.6. The molecule has 0 bridgehead atoms. The Kier molecular flexibility index (Phi) is 6.02. The van der Waals surface area contributed by atoms with Gasteiger partial charge in [0.05, 0.1) is 6.04 Å². The van der Waals surface area contributed by atoms with Crippen molar-refractivity contribution in [3.63, 3.8) is 0 Å². The van der Waals surface area contributed by atoms with E-state index < -0.39 is 29.2 Å². The first-order chi connectivity index (χ1) is 10.1. The maximum Gasteiger partial charge on any atom is 0.408 e. The topological polar surface area (TPSA) is 55.4 Å². The molecule has 0 saturated heterocycles. The number of Topliss-reactive ketones (excluding diaryl/α,β-unsaturated/α-hetero) is 1. The zero-order valence-corrected chi connectivity index (χ0v) is 13.2. The van der Waals surface area contributed by atoms with Gasteiger partial charge in [-0.15, -0.1) is 0 Å². The molecule has 1 N–H and O–H groups in total. The molecule has 22 heavy (non-hydrogen) atoms. The molecule has 0 heterocycles. The van der Waals surface area contributed by atoms with Crippen LogP contribution in [0.5, 0.6) is 0 Å². The van der Waals surface area contributed by atoms with Crippen LogP contribution in [0.15, 0.2) is 18.2 Å². The Balaban J connectivity index is 2.66. The number of hydrogen-bond donors (Lipinski definition) is 1. The van der Waals surface area contributed by atoms with E-state index in [0.717, 1.165) is 18.2 Å². The first-order valence-corrected chi connectivity index (χ1v) is 7.04. The molecule has 1 amide bonds. The van der Waals surface area contributed by atoms with Crippen LogP contribution in [0.2, 0.25) is 0 Å². The van der Waals surface area contributed by atoms with Crippen molar-refractivity contribution in [3.8, 4) is 0 Å². The lowest BCUT2D eigenvalue weighted by Crippen LogP contribution is -2.49. The van der Waals surface area contributed by atoms with Gasteiger partial charge in [-0.05, 0) is 23.1 Å². The smallest absolute Gasteiger partial charge is 0.408 e. The van der Waals surface area contributed by atoms with Crippen molar-refractivity contribution in [2.75, 3.05) is 0 Å². The van der Waals surface area contributed by atoms with Gasteiger partial charge in [0.1, 0.15) is 18.2 Å². The van der Waals surface area contributed by atoms with Crippen LogP contribution in [-0.4, -0.2) is 17.9 Å². The molecule has 0 aliphatic carbocycles. The van der Waals surface area contributed by atoms with Crippen molar-refractivity contribution in [2.24, 2.45) is 5.41 Å². The van der Waals surface area contributed by atoms with Gasteiger partial charge < -0.3 is 10.1 Å². The lowest BCUT2D eigenvalue weighted by molar-refractivity contribution is -0.123. The van der Waals surface area contributed by atoms with Crippen LogP contribution in [-0.2, 0) is 16.1 Å². The molecule has 0 saturated carbocycles. The van der Waals surface area contributed by atoms with Gasteiger partial charge in [0, 0.05) is 12.5 Å². The Hall–Kier alpha value is -1.98. The zero-order valence-electron chi connectivity index (χ0n) is 13.2. The number of carbonyl (C=O) groups is 2. The molecule has 0 radical (unpaired) electrons. The van der Waals surface area contributed by atoms with Gasteiger partial charge >= 0.3 is 6.09 Å². The molecule has 6 heteroatoms. The maximum atomic E-state index is 13.0. The standard InChI is InChI=1S/C16H21F2NO3/c1-5-13(20)14(16(2,3)4)19-15(21)22-9-10-6-11(17)8-12(18)7-10/h6-8,14H,5,9H2,1-4H3,(H,19,21). The van der Waals surface area contributed by atoms with Crippen LogP contribution >= 0.6 is 0 Å². The van der Waals surface area contributed by atoms with Crippen LogP contribution in [0.1, 0.15) is 39.7 Å². The monoisotopic (exact) mass is 313 g/mol. The predicted octanol–water partition coefficient (Wildman–Crippen LogP) is 3.58. The highest BCUT2D eigenvalue weighted by molar-refractivity contribution is 5.87. The molecule has 0 aliphatic heterocycles. The highest BCUT2D eigenvalue weighted by Gasteiger charge is 2.31. The van der Waals surface area contributed by atoms with Gasteiger partial charge in [-0.2, -0.15) is 0 Å². The number of rotatable bonds is 5. The largest absolute Gasteiger partial charge is 0.445 e. The van der Waals surface area contributed by atoms with E-state index in [2.05, 4.69) is 5.32 Å². The molecule has 0 fully saturated rings. The Labute approximate surface area is 128 Å². The number of ether oxygens (including phenoxy) is 1. The number of ketones is 1. The van der Waals surface area contributed by atoms with Crippen LogP contribution in [0, 0.1) is 17.0 Å². The fourth-order valence-corrected chi connectivity index (χ4v) is 1.99. The molecular formula is C16H21F2NO3. The Morgan fingerprint density at radius 2 is 1.73 bits per heavy atom. The lowest BCUT2D eigenvalue weighted by Gasteiger charge is -2.29.